The van der Waals surface area contributed by atoms with Gasteiger partial charge in [0.1, 0.15) is 0 Å². The van der Waals surface area contributed by atoms with Crippen molar-refractivity contribution in [2.75, 3.05) is 11.3 Å². The maximum atomic E-state index is 11.5. The molecule has 0 fully saturated rings. The molecule has 17 heavy (non-hydrogen) atoms. The number of nitrogens with one attached hydrogen (secondary N) is 2. The highest BCUT2D eigenvalue weighted by molar-refractivity contribution is 7.90. The molecule has 0 aliphatic heterocycles. The van der Waals surface area contributed by atoms with Crippen molar-refractivity contribution in [1.82, 2.24) is 4.72 Å². The maximum Gasteiger partial charge on any atom is 0.307 e. The van der Waals surface area contributed by atoms with E-state index in [1.54, 1.807) is 25.1 Å². The smallest absolute Gasteiger partial charge is 0.307 e. The van der Waals surface area contributed by atoms with Gasteiger partial charge in [0.05, 0.1) is 12.1 Å². The average Bonchev–Trinajstić information content (AvgIpc) is 2.19. The first-order chi connectivity index (χ1) is 7.94. The lowest BCUT2D eigenvalue weighted by molar-refractivity contribution is -0.136. The Labute approximate surface area is 99.8 Å². The maximum absolute atomic E-state index is 11.5. The van der Waals surface area contributed by atoms with Crippen molar-refractivity contribution in [2.45, 2.75) is 13.3 Å². The number of carbonyl (C=O) groups is 1. The zero-order valence-corrected chi connectivity index (χ0v) is 10.1. The van der Waals surface area contributed by atoms with E-state index >= 15 is 0 Å². The van der Waals surface area contributed by atoms with Crippen LogP contribution in [0.5, 0.6) is 0 Å². The van der Waals surface area contributed by atoms with Gasteiger partial charge in [-0.05, 0) is 11.6 Å². The van der Waals surface area contributed by atoms with Crippen LogP contribution in [0.15, 0.2) is 24.3 Å². The van der Waals surface area contributed by atoms with Crippen LogP contribution in [-0.4, -0.2) is 26.0 Å². The van der Waals surface area contributed by atoms with E-state index in [2.05, 4.69) is 9.44 Å². The summed E-state index contributed by atoms with van der Waals surface area (Å²) in [6.07, 6.45) is -0.231. The molecule has 3 N–H and O–H groups in total. The van der Waals surface area contributed by atoms with Gasteiger partial charge in [-0.3, -0.25) is 9.52 Å². The fourth-order valence-corrected chi connectivity index (χ4v) is 2.25. The van der Waals surface area contributed by atoms with Gasteiger partial charge in [-0.2, -0.15) is 13.1 Å². The fourth-order valence-electron chi connectivity index (χ4n) is 1.31. The standard InChI is InChI=1S/C10H14N2O4S/c1-2-11-17(15,16)12-9-6-4-3-5-8(9)7-10(13)14/h3-6,11-12H,2,7H2,1H3,(H,13,14). The van der Waals surface area contributed by atoms with Crippen LogP contribution < -0.4 is 9.44 Å². The van der Waals surface area contributed by atoms with E-state index in [1.165, 1.54) is 6.07 Å². The third kappa shape index (κ3) is 4.41. The fraction of sp³-hybridized carbons (Fsp3) is 0.300. The highest BCUT2D eigenvalue weighted by Gasteiger charge is 2.12. The van der Waals surface area contributed by atoms with Gasteiger partial charge in [0.25, 0.3) is 10.2 Å². The molecule has 0 saturated heterocycles. The average molecular weight is 258 g/mol. The summed E-state index contributed by atoms with van der Waals surface area (Å²) in [4.78, 5) is 10.6. The zero-order chi connectivity index (χ0) is 12.9. The molecule has 1 aromatic rings. The minimum Gasteiger partial charge on any atom is -0.481 e. The van der Waals surface area contributed by atoms with Gasteiger partial charge >= 0.3 is 5.97 Å². The molecule has 0 saturated carbocycles. The van der Waals surface area contributed by atoms with Crippen LogP contribution in [0.4, 0.5) is 5.69 Å². The molecule has 0 amide bonds. The minimum absolute atomic E-state index is 0.231. The van der Waals surface area contributed by atoms with E-state index < -0.39 is 16.2 Å². The van der Waals surface area contributed by atoms with E-state index in [0.29, 0.717) is 5.56 Å². The Morgan fingerprint density at radius 2 is 2.00 bits per heavy atom. The summed E-state index contributed by atoms with van der Waals surface area (Å²) in [5.41, 5.74) is 0.692. The van der Waals surface area contributed by atoms with Crippen LogP contribution in [0.2, 0.25) is 0 Å². The highest BCUT2D eigenvalue weighted by atomic mass is 32.2. The second-order valence-corrected chi connectivity index (χ2v) is 4.83. The van der Waals surface area contributed by atoms with Crippen LogP contribution in [0.25, 0.3) is 0 Å². The lowest BCUT2D eigenvalue weighted by atomic mass is 10.1. The molecular formula is C10H14N2O4S. The number of anilines is 1. The molecule has 0 spiro atoms. The first-order valence-electron chi connectivity index (χ1n) is 5.01. The molecule has 0 aromatic heterocycles. The number of hydrogen-bond donors (Lipinski definition) is 3. The number of hydrogen-bond acceptors (Lipinski definition) is 3. The third-order valence-electron chi connectivity index (χ3n) is 1.94. The van der Waals surface area contributed by atoms with Gasteiger partial charge < -0.3 is 5.11 Å². The van der Waals surface area contributed by atoms with E-state index in [-0.39, 0.29) is 18.7 Å². The molecule has 1 rings (SSSR count). The quantitative estimate of drug-likeness (QED) is 0.695. The van der Waals surface area contributed by atoms with Gasteiger partial charge in [-0.25, -0.2) is 0 Å². The summed E-state index contributed by atoms with van der Waals surface area (Å²) in [7, 11) is -3.64. The molecule has 0 radical (unpaired) electrons. The van der Waals surface area contributed by atoms with Crippen LogP contribution in [0.3, 0.4) is 0 Å². The third-order valence-corrected chi connectivity index (χ3v) is 3.10. The highest BCUT2D eigenvalue weighted by Crippen LogP contribution is 2.16. The molecular weight excluding hydrogens is 244 g/mol. The van der Waals surface area contributed by atoms with E-state index in [4.69, 9.17) is 5.11 Å². The van der Waals surface area contributed by atoms with Crippen molar-refractivity contribution in [3.8, 4) is 0 Å². The molecule has 1 aromatic carbocycles. The molecule has 7 heteroatoms. The van der Waals surface area contributed by atoms with Crippen LogP contribution in [-0.2, 0) is 21.4 Å². The molecule has 0 unspecified atom stereocenters. The number of aliphatic carboxylic acids is 1. The summed E-state index contributed by atoms with van der Waals surface area (Å²) in [6, 6.07) is 6.38. The van der Waals surface area contributed by atoms with Crippen molar-refractivity contribution in [2.24, 2.45) is 0 Å². The number of benzene rings is 1. The van der Waals surface area contributed by atoms with Gasteiger partial charge in [-0.15, -0.1) is 0 Å². The van der Waals surface area contributed by atoms with Gasteiger partial charge in [-0.1, -0.05) is 25.1 Å². The number of carboxylic acids is 1. The Kier molecular flexibility index (Phi) is 4.47. The Morgan fingerprint density at radius 1 is 1.35 bits per heavy atom. The lowest BCUT2D eigenvalue weighted by Gasteiger charge is -2.11. The van der Waals surface area contributed by atoms with Crippen molar-refractivity contribution < 1.29 is 18.3 Å². The first kappa shape index (κ1) is 13.5. The molecule has 0 atom stereocenters. The van der Waals surface area contributed by atoms with Crippen molar-refractivity contribution in [3.63, 3.8) is 0 Å². The predicted octanol–water partition coefficient (Wildman–Crippen LogP) is 0.580. The molecule has 0 aliphatic carbocycles. The van der Waals surface area contributed by atoms with Gasteiger partial charge in [0, 0.05) is 6.54 Å². The Bertz CT molecular complexity index is 499. The Balaban J connectivity index is 2.94. The number of rotatable bonds is 6. The number of para-hydroxylation sites is 1. The van der Waals surface area contributed by atoms with Crippen molar-refractivity contribution in [1.29, 1.82) is 0 Å². The largest absolute Gasteiger partial charge is 0.481 e. The SMILES string of the molecule is CCNS(=O)(=O)Nc1ccccc1CC(=O)O. The van der Waals surface area contributed by atoms with Crippen LogP contribution >= 0.6 is 0 Å². The topological polar surface area (TPSA) is 95.5 Å². The monoisotopic (exact) mass is 258 g/mol. The second-order valence-electron chi connectivity index (χ2n) is 3.33. The van der Waals surface area contributed by atoms with Gasteiger partial charge in [0.2, 0.25) is 0 Å². The summed E-state index contributed by atoms with van der Waals surface area (Å²) in [5.74, 6) is -1.01. The number of carboxylic acid groups (broad SMARTS) is 1. The van der Waals surface area contributed by atoms with Crippen LogP contribution in [0, 0.1) is 0 Å². The molecule has 94 valence electrons. The summed E-state index contributed by atoms with van der Waals surface area (Å²) < 4.78 is 27.5. The van der Waals surface area contributed by atoms with Crippen LogP contribution in [0.1, 0.15) is 12.5 Å². The van der Waals surface area contributed by atoms with E-state index in [9.17, 15) is 13.2 Å². The zero-order valence-electron chi connectivity index (χ0n) is 9.30. The summed E-state index contributed by atoms with van der Waals surface area (Å²) in [6.45, 7) is 1.92. The normalized spacial score (nSPS) is 11.1. The Hall–Kier alpha value is -1.60. The second kappa shape index (κ2) is 5.65. The minimum atomic E-state index is -3.64. The van der Waals surface area contributed by atoms with Crippen molar-refractivity contribution in [3.05, 3.63) is 29.8 Å². The molecule has 0 aliphatic rings. The first-order valence-corrected chi connectivity index (χ1v) is 6.50. The molecule has 6 nitrogen and oxygen atoms in total. The van der Waals surface area contributed by atoms with E-state index in [1.807, 2.05) is 0 Å². The predicted molar refractivity (Wildman–Crippen MR) is 64.0 cm³/mol. The Morgan fingerprint density at radius 3 is 2.59 bits per heavy atom. The summed E-state index contributed by atoms with van der Waals surface area (Å²) >= 11 is 0. The van der Waals surface area contributed by atoms with Crippen molar-refractivity contribution >= 4 is 21.9 Å². The molecule has 0 bridgehead atoms. The molecule has 0 heterocycles. The lowest BCUT2D eigenvalue weighted by Crippen LogP contribution is -2.30. The summed E-state index contributed by atoms with van der Waals surface area (Å²) in [5, 5.41) is 8.70. The van der Waals surface area contributed by atoms with Gasteiger partial charge in [0.15, 0.2) is 0 Å². The van der Waals surface area contributed by atoms with E-state index in [0.717, 1.165) is 0 Å².